The molecule has 1 saturated carbocycles. The molecule has 1 aromatic carbocycles. The van der Waals surface area contributed by atoms with Crippen LogP contribution in [-0.4, -0.2) is 67.4 Å². The number of amides is 2. The zero-order valence-corrected chi connectivity index (χ0v) is 23.7. The normalized spacial score (nSPS) is 20.0. The highest BCUT2D eigenvalue weighted by molar-refractivity contribution is 6.13. The summed E-state index contributed by atoms with van der Waals surface area (Å²) in [5.74, 6) is 0.145. The summed E-state index contributed by atoms with van der Waals surface area (Å²) in [6.45, 7) is 3.29. The van der Waals surface area contributed by atoms with Gasteiger partial charge in [0.15, 0.2) is 0 Å². The SMILES string of the molecule is Cc1c(-c2cc3ccc(-c4ccc5c(c4)C=NC5=O)nc3n2CC2CC2)nn2cc(C(=O)N3C[C@H](N)C[C@@H](F)C3)ccc12. The minimum absolute atomic E-state index is 0.0569. The Bertz CT molecular complexity index is 1990. The second kappa shape index (κ2) is 9.67. The number of likely N-dealkylation sites (tertiary alicyclic amines) is 1. The van der Waals surface area contributed by atoms with Crippen molar-refractivity contribution in [2.24, 2.45) is 16.6 Å². The van der Waals surface area contributed by atoms with Crippen LogP contribution in [0.25, 0.3) is 39.2 Å². The number of aryl methyl sites for hydroxylation is 1. The van der Waals surface area contributed by atoms with Crippen LogP contribution in [-0.2, 0) is 6.54 Å². The molecule has 0 spiro atoms. The predicted molar refractivity (Wildman–Crippen MR) is 162 cm³/mol. The molecule has 9 nitrogen and oxygen atoms in total. The summed E-state index contributed by atoms with van der Waals surface area (Å²) in [6.07, 6.45) is 4.88. The Hall–Kier alpha value is -4.70. The largest absolute Gasteiger partial charge is 0.334 e. The predicted octanol–water partition coefficient (Wildman–Crippen LogP) is 4.82. The van der Waals surface area contributed by atoms with Crippen LogP contribution < -0.4 is 5.73 Å². The van der Waals surface area contributed by atoms with E-state index in [0.717, 1.165) is 56.9 Å². The van der Waals surface area contributed by atoms with Gasteiger partial charge in [-0.1, -0.05) is 6.07 Å². The number of carbonyl (C=O) groups is 2. The summed E-state index contributed by atoms with van der Waals surface area (Å²) in [5, 5.41) is 5.98. The first kappa shape index (κ1) is 26.0. The van der Waals surface area contributed by atoms with E-state index in [1.54, 1.807) is 23.0 Å². The fraction of sp³-hybridized carbons (Fsp3) is 0.303. The van der Waals surface area contributed by atoms with Gasteiger partial charge in [0.05, 0.1) is 34.6 Å². The molecule has 4 aromatic heterocycles. The smallest absolute Gasteiger partial charge is 0.277 e. The van der Waals surface area contributed by atoms with Crippen LogP contribution in [0.3, 0.4) is 0 Å². The van der Waals surface area contributed by atoms with Crippen molar-refractivity contribution in [2.75, 3.05) is 13.1 Å². The number of carbonyl (C=O) groups excluding carboxylic acids is 2. The first-order valence-corrected chi connectivity index (χ1v) is 14.7. The standard InChI is InChI=1S/C33H30FN7O2/c1-18-28-9-6-22(33(43)39-16-24(34)12-25(35)17-39)15-41(28)38-30(18)29-11-21-5-8-27(37-31(21)40(29)14-19-2-3-19)20-4-7-26-23(10-20)13-36-32(26)42/h4-11,13,15,19,24-25H,2-3,12,14,16-17,35H2,1H3/t24-,25-/m1/s1. The molecule has 1 aliphatic carbocycles. The number of benzene rings is 1. The lowest BCUT2D eigenvalue weighted by molar-refractivity contribution is 0.0606. The maximum atomic E-state index is 14.1. The molecule has 2 N–H and O–H groups in total. The number of fused-ring (bicyclic) bond motifs is 3. The van der Waals surface area contributed by atoms with Crippen LogP contribution in [0.15, 0.2) is 59.7 Å². The van der Waals surface area contributed by atoms with Crippen molar-refractivity contribution in [3.63, 3.8) is 0 Å². The molecule has 1 saturated heterocycles. The minimum atomic E-state index is -1.11. The molecule has 10 heteroatoms. The highest BCUT2D eigenvalue weighted by Crippen LogP contribution is 2.37. The Labute approximate surface area is 246 Å². The lowest BCUT2D eigenvalue weighted by Gasteiger charge is -2.32. The molecule has 8 rings (SSSR count). The molecule has 6 heterocycles. The van der Waals surface area contributed by atoms with Gasteiger partial charge in [-0.3, -0.25) is 9.59 Å². The monoisotopic (exact) mass is 575 g/mol. The first-order valence-electron chi connectivity index (χ1n) is 14.7. The molecule has 0 bridgehead atoms. The Morgan fingerprint density at radius 3 is 2.77 bits per heavy atom. The zero-order chi connectivity index (χ0) is 29.4. The highest BCUT2D eigenvalue weighted by Gasteiger charge is 2.30. The molecular formula is C33H30FN7O2. The van der Waals surface area contributed by atoms with Crippen LogP contribution in [0, 0.1) is 12.8 Å². The lowest BCUT2D eigenvalue weighted by atomic mass is 10.0. The molecule has 216 valence electrons. The quantitative estimate of drug-likeness (QED) is 0.323. The molecule has 3 aliphatic rings. The van der Waals surface area contributed by atoms with Crippen LogP contribution in [0.5, 0.6) is 0 Å². The number of aliphatic imine (C=N–C) groups is 1. The third kappa shape index (κ3) is 4.44. The molecule has 2 atom stereocenters. The zero-order valence-electron chi connectivity index (χ0n) is 23.7. The lowest BCUT2D eigenvalue weighted by Crippen LogP contribution is -2.50. The fourth-order valence-corrected chi connectivity index (χ4v) is 6.41. The fourth-order valence-electron chi connectivity index (χ4n) is 6.41. The third-order valence-corrected chi connectivity index (χ3v) is 8.87. The van der Waals surface area contributed by atoms with Crippen LogP contribution in [0.1, 0.15) is 51.1 Å². The Morgan fingerprint density at radius 2 is 1.95 bits per heavy atom. The molecule has 2 amide bonds. The van der Waals surface area contributed by atoms with Crippen molar-refractivity contribution in [2.45, 2.75) is 44.9 Å². The summed E-state index contributed by atoms with van der Waals surface area (Å²) < 4.78 is 18.2. The van der Waals surface area contributed by atoms with Crippen LogP contribution >= 0.6 is 0 Å². The number of nitrogens with zero attached hydrogens (tertiary/aromatic N) is 6. The van der Waals surface area contributed by atoms with Gasteiger partial charge in [-0.05, 0) is 74.6 Å². The van der Waals surface area contributed by atoms with Crippen molar-refractivity contribution < 1.29 is 14.0 Å². The summed E-state index contributed by atoms with van der Waals surface area (Å²) in [5.41, 5.74) is 14.2. The number of halogens is 1. The molecular weight excluding hydrogens is 545 g/mol. The van der Waals surface area contributed by atoms with Crippen LogP contribution in [0.4, 0.5) is 4.39 Å². The van der Waals surface area contributed by atoms with Crippen molar-refractivity contribution >= 4 is 34.6 Å². The van der Waals surface area contributed by atoms with E-state index < -0.39 is 6.17 Å². The van der Waals surface area contributed by atoms with Crippen molar-refractivity contribution in [3.05, 3.63) is 77.0 Å². The topological polar surface area (TPSA) is 111 Å². The van der Waals surface area contributed by atoms with Gasteiger partial charge in [-0.25, -0.2) is 18.9 Å². The molecule has 0 radical (unpaired) electrons. The van der Waals surface area contributed by atoms with Crippen molar-refractivity contribution in [1.29, 1.82) is 0 Å². The van der Waals surface area contributed by atoms with Crippen molar-refractivity contribution in [3.8, 4) is 22.6 Å². The molecule has 5 aromatic rings. The number of nitrogens with two attached hydrogens (primary N) is 1. The number of hydrogen-bond donors (Lipinski definition) is 1. The minimum Gasteiger partial charge on any atom is -0.334 e. The maximum absolute atomic E-state index is 14.1. The number of piperidine rings is 1. The van der Waals surface area contributed by atoms with Gasteiger partial charge in [0, 0.05) is 53.6 Å². The van der Waals surface area contributed by atoms with Gasteiger partial charge in [0.1, 0.15) is 17.5 Å². The second-order valence-electron chi connectivity index (χ2n) is 12.1. The number of hydrogen-bond acceptors (Lipinski definition) is 5. The number of aromatic nitrogens is 4. The number of pyridine rings is 2. The van der Waals surface area contributed by atoms with Gasteiger partial charge in [-0.15, -0.1) is 0 Å². The van der Waals surface area contributed by atoms with E-state index in [2.05, 4.69) is 21.7 Å². The second-order valence-corrected chi connectivity index (χ2v) is 12.1. The molecule has 0 unspecified atom stereocenters. The number of rotatable bonds is 5. The summed E-state index contributed by atoms with van der Waals surface area (Å²) in [7, 11) is 0. The van der Waals surface area contributed by atoms with E-state index >= 15 is 0 Å². The average Bonchev–Trinajstić information content (AvgIpc) is 3.53. The average molecular weight is 576 g/mol. The summed E-state index contributed by atoms with van der Waals surface area (Å²) >= 11 is 0. The number of alkyl halides is 1. The van der Waals surface area contributed by atoms with Gasteiger partial charge in [-0.2, -0.15) is 5.10 Å². The third-order valence-electron chi connectivity index (χ3n) is 8.87. The first-order chi connectivity index (χ1) is 20.8. The Morgan fingerprint density at radius 1 is 1.09 bits per heavy atom. The van der Waals surface area contributed by atoms with E-state index in [0.29, 0.717) is 23.6 Å². The molecule has 2 fully saturated rings. The summed E-state index contributed by atoms with van der Waals surface area (Å²) in [6, 6.07) is 15.3. The Balaban J connectivity index is 1.19. The van der Waals surface area contributed by atoms with E-state index in [-0.39, 0.29) is 30.8 Å². The van der Waals surface area contributed by atoms with E-state index in [1.165, 1.54) is 17.7 Å². The Kier molecular flexibility index (Phi) is 5.84. The van der Waals surface area contributed by atoms with Gasteiger partial charge in [0.25, 0.3) is 11.8 Å². The molecule has 2 aliphatic heterocycles. The summed E-state index contributed by atoms with van der Waals surface area (Å²) in [4.78, 5) is 35.7. The van der Waals surface area contributed by atoms with E-state index in [1.807, 2.05) is 37.3 Å². The van der Waals surface area contributed by atoms with Crippen molar-refractivity contribution in [1.82, 2.24) is 24.1 Å². The van der Waals surface area contributed by atoms with E-state index in [4.69, 9.17) is 15.8 Å². The van der Waals surface area contributed by atoms with Gasteiger partial charge >= 0.3 is 0 Å². The van der Waals surface area contributed by atoms with Crippen LogP contribution in [0.2, 0.25) is 0 Å². The molecule has 43 heavy (non-hydrogen) atoms. The highest BCUT2D eigenvalue weighted by atomic mass is 19.1. The van der Waals surface area contributed by atoms with E-state index in [9.17, 15) is 14.0 Å². The van der Waals surface area contributed by atoms with Gasteiger partial charge < -0.3 is 15.2 Å². The van der Waals surface area contributed by atoms with Gasteiger partial charge in [0.2, 0.25) is 0 Å². The maximum Gasteiger partial charge on any atom is 0.277 e.